The van der Waals surface area contributed by atoms with Crippen LogP contribution in [0.15, 0.2) is 18.2 Å². The van der Waals surface area contributed by atoms with Crippen LogP contribution >= 0.6 is 0 Å². The van der Waals surface area contributed by atoms with Crippen LogP contribution in [-0.4, -0.2) is 37.8 Å². The van der Waals surface area contributed by atoms with Gasteiger partial charge < -0.3 is 24.8 Å². The quantitative estimate of drug-likeness (QED) is 0.812. The van der Waals surface area contributed by atoms with Crippen molar-refractivity contribution in [2.75, 3.05) is 38.5 Å². The van der Waals surface area contributed by atoms with Gasteiger partial charge in [-0.2, -0.15) is 4.98 Å². The van der Waals surface area contributed by atoms with Crippen molar-refractivity contribution in [2.24, 2.45) is 0 Å². The third-order valence-electron chi connectivity index (χ3n) is 3.13. The highest BCUT2D eigenvalue weighted by molar-refractivity contribution is 5.67. The first kappa shape index (κ1) is 16.7. The van der Waals surface area contributed by atoms with E-state index >= 15 is 0 Å². The summed E-state index contributed by atoms with van der Waals surface area (Å²) in [5.41, 5.74) is 1.64. The van der Waals surface area contributed by atoms with Crippen LogP contribution in [0.25, 0.3) is 0 Å². The zero-order valence-electron chi connectivity index (χ0n) is 14.1. The summed E-state index contributed by atoms with van der Waals surface area (Å²) < 4.78 is 16.0. The molecule has 2 N–H and O–H groups in total. The molecule has 1 aromatic carbocycles. The van der Waals surface area contributed by atoms with E-state index in [1.54, 1.807) is 21.3 Å². The number of aromatic nitrogens is 2. The van der Waals surface area contributed by atoms with Crippen molar-refractivity contribution in [1.29, 1.82) is 0 Å². The topological polar surface area (TPSA) is 77.5 Å². The molecule has 0 spiro atoms. The van der Waals surface area contributed by atoms with Gasteiger partial charge in [-0.25, -0.2) is 4.98 Å². The van der Waals surface area contributed by atoms with Gasteiger partial charge in [0.25, 0.3) is 0 Å². The van der Waals surface area contributed by atoms with Crippen molar-refractivity contribution in [3.8, 4) is 17.2 Å². The van der Waals surface area contributed by atoms with E-state index in [1.165, 1.54) is 0 Å². The number of hydrogen-bond acceptors (Lipinski definition) is 7. The average molecular weight is 318 g/mol. The van der Waals surface area contributed by atoms with Crippen molar-refractivity contribution in [3.05, 3.63) is 23.9 Å². The summed E-state index contributed by atoms with van der Waals surface area (Å²) in [6.07, 6.45) is 0. The minimum absolute atomic E-state index is 0.549. The second-order valence-corrected chi connectivity index (χ2v) is 4.79. The second-order valence-electron chi connectivity index (χ2n) is 4.79. The van der Waals surface area contributed by atoms with Gasteiger partial charge in [-0.15, -0.1) is 0 Å². The molecule has 0 radical (unpaired) electrons. The Labute approximate surface area is 136 Å². The molecule has 0 amide bonds. The number of rotatable bonds is 7. The van der Waals surface area contributed by atoms with Crippen LogP contribution in [0.3, 0.4) is 0 Å². The molecular formula is C16H22N4O3. The zero-order chi connectivity index (χ0) is 16.8. The van der Waals surface area contributed by atoms with Crippen LogP contribution in [-0.2, 0) is 0 Å². The van der Waals surface area contributed by atoms with Gasteiger partial charge in [0.05, 0.1) is 21.3 Å². The van der Waals surface area contributed by atoms with Crippen LogP contribution in [0, 0.1) is 6.92 Å². The molecule has 124 valence electrons. The van der Waals surface area contributed by atoms with Crippen molar-refractivity contribution >= 4 is 17.5 Å². The summed E-state index contributed by atoms with van der Waals surface area (Å²) >= 11 is 0. The molecule has 0 aliphatic rings. The highest BCUT2D eigenvalue weighted by atomic mass is 16.5. The van der Waals surface area contributed by atoms with E-state index < -0.39 is 0 Å². The number of ether oxygens (including phenoxy) is 3. The molecule has 2 rings (SSSR count). The average Bonchev–Trinajstić information content (AvgIpc) is 2.53. The monoisotopic (exact) mass is 318 g/mol. The van der Waals surface area contributed by atoms with Crippen LogP contribution in [0.2, 0.25) is 0 Å². The van der Waals surface area contributed by atoms with E-state index in [2.05, 4.69) is 20.6 Å². The Morgan fingerprint density at radius 1 is 0.957 bits per heavy atom. The number of anilines is 3. The van der Waals surface area contributed by atoms with Gasteiger partial charge in [-0.05, 0) is 13.8 Å². The van der Waals surface area contributed by atoms with Crippen LogP contribution < -0.4 is 24.8 Å². The summed E-state index contributed by atoms with van der Waals surface area (Å²) in [6.45, 7) is 4.67. The van der Waals surface area contributed by atoms with Crippen molar-refractivity contribution in [1.82, 2.24) is 9.97 Å². The fourth-order valence-corrected chi connectivity index (χ4v) is 2.17. The molecule has 7 heteroatoms. The number of benzene rings is 1. The normalized spacial score (nSPS) is 10.1. The Kier molecular flexibility index (Phi) is 5.46. The van der Waals surface area contributed by atoms with Gasteiger partial charge in [-0.1, -0.05) is 0 Å². The molecular weight excluding hydrogens is 296 g/mol. The lowest BCUT2D eigenvalue weighted by atomic mass is 10.2. The molecule has 0 bridgehead atoms. The van der Waals surface area contributed by atoms with Gasteiger partial charge in [0.1, 0.15) is 5.82 Å². The second kappa shape index (κ2) is 7.53. The number of hydrogen-bond donors (Lipinski definition) is 2. The maximum absolute atomic E-state index is 5.35. The highest BCUT2D eigenvalue weighted by Crippen LogP contribution is 2.40. The third-order valence-corrected chi connectivity index (χ3v) is 3.13. The van der Waals surface area contributed by atoms with E-state index in [9.17, 15) is 0 Å². The minimum atomic E-state index is 0.549. The summed E-state index contributed by atoms with van der Waals surface area (Å²) in [7, 11) is 4.74. The van der Waals surface area contributed by atoms with Crippen LogP contribution in [0.4, 0.5) is 17.5 Å². The summed E-state index contributed by atoms with van der Waals surface area (Å²) in [6, 6.07) is 5.52. The molecule has 0 atom stereocenters. The molecule has 0 unspecified atom stereocenters. The molecule has 1 aromatic heterocycles. The SMILES string of the molecule is CCNc1nc(C)cc(Nc2cc(OC)c(OC)c(OC)c2)n1. The largest absolute Gasteiger partial charge is 0.493 e. The Hall–Kier alpha value is -2.70. The molecule has 23 heavy (non-hydrogen) atoms. The Morgan fingerprint density at radius 2 is 1.61 bits per heavy atom. The minimum Gasteiger partial charge on any atom is -0.493 e. The predicted molar refractivity (Wildman–Crippen MR) is 90.3 cm³/mol. The Bertz CT molecular complexity index is 651. The zero-order valence-corrected chi connectivity index (χ0v) is 14.1. The van der Waals surface area contributed by atoms with Gasteiger partial charge >= 0.3 is 0 Å². The maximum Gasteiger partial charge on any atom is 0.224 e. The lowest BCUT2D eigenvalue weighted by molar-refractivity contribution is 0.324. The summed E-state index contributed by atoms with van der Waals surface area (Å²) in [5, 5.41) is 6.34. The van der Waals surface area contributed by atoms with Crippen molar-refractivity contribution in [2.45, 2.75) is 13.8 Å². The third kappa shape index (κ3) is 3.94. The van der Waals surface area contributed by atoms with Crippen molar-refractivity contribution < 1.29 is 14.2 Å². The Morgan fingerprint density at radius 3 is 2.13 bits per heavy atom. The molecule has 0 saturated heterocycles. The van der Waals surface area contributed by atoms with E-state index in [1.807, 2.05) is 32.0 Å². The fraction of sp³-hybridized carbons (Fsp3) is 0.375. The predicted octanol–water partition coefficient (Wildman–Crippen LogP) is 2.99. The molecule has 0 saturated carbocycles. The number of methoxy groups -OCH3 is 3. The van der Waals surface area contributed by atoms with Gasteiger partial charge in [0, 0.05) is 36.1 Å². The van der Waals surface area contributed by atoms with Crippen LogP contribution in [0.1, 0.15) is 12.6 Å². The van der Waals surface area contributed by atoms with Crippen LogP contribution in [0.5, 0.6) is 17.2 Å². The molecule has 7 nitrogen and oxygen atoms in total. The number of aryl methyl sites for hydroxylation is 1. The van der Waals surface area contributed by atoms with Crippen molar-refractivity contribution in [3.63, 3.8) is 0 Å². The number of nitrogens with one attached hydrogen (secondary N) is 2. The molecule has 0 aliphatic carbocycles. The maximum atomic E-state index is 5.35. The van der Waals surface area contributed by atoms with E-state index in [0.29, 0.717) is 29.0 Å². The highest BCUT2D eigenvalue weighted by Gasteiger charge is 2.13. The van der Waals surface area contributed by atoms with Gasteiger partial charge in [-0.3, -0.25) is 0 Å². The first-order valence-corrected chi connectivity index (χ1v) is 7.27. The molecule has 0 fully saturated rings. The molecule has 1 heterocycles. The first-order valence-electron chi connectivity index (χ1n) is 7.27. The number of nitrogens with zero attached hydrogens (tertiary/aromatic N) is 2. The van der Waals surface area contributed by atoms with Gasteiger partial charge in [0.2, 0.25) is 11.7 Å². The standard InChI is InChI=1S/C16H22N4O3/c1-6-17-16-18-10(2)7-14(20-16)19-11-8-12(21-3)15(23-5)13(9-11)22-4/h7-9H,6H2,1-5H3,(H2,17,18,19,20). The van der Waals surface area contributed by atoms with E-state index in [0.717, 1.165) is 17.9 Å². The fourth-order valence-electron chi connectivity index (χ4n) is 2.17. The smallest absolute Gasteiger partial charge is 0.224 e. The molecule has 0 aliphatic heterocycles. The molecule has 2 aromatic rings. The van der Waals surface area contributed by atoms with Gasteiger partial charge in [0.15, 0.2) is 11.5 Å². The van der Waals surface area contributed by atoms with E-state index in [-0.39, 0.29) is 0 Å². The lowest BCUT2D eigenvalue weighted by Crippen LogP contribution is -2.05. The lowest BCUT2D eigenvalue weighted by Gasteiger charge is -2.15. The Balaban J connectivity index is 2.36. The summed E-state index contributed by atoms with van der Waals surface area (Å²) in [5.74, 6) is 2.97. The first-order chi connectivity index (χ1) is 11.1. The summed E-state index contributed by atoms with van der Waals surface area (Å²) in [4.78, 5) is 8.75. The van der Waals surface area contributed by atoms with E-state index in [4.69, 9.17) is 14.2 Å².